The summed E-state index contributed by atoms with van der Waals surface area (Å²) < 4.78 is 5.47. The van der Waals surface area contributed by atoms with Gasteiger partial charge in [-0.25, -0.2) is 0 Å². The Balaban J connectivity index is 1.96. The summed E-state index contributed by atoms with van der Waals surface area (Å²) in [6.07, 6.45) is 3.88. The Hall–Kier alpha value is -1.06. The summed E-state index contributed by atoms with van der Waals surface area (Å²) in [4.78, 5) is 0. The molecule has 3 heteroatoms. The second-order valence-electron chi connectivity index (χ2n) is 5.57. The molecule has 0 aromatic heterocycles. The van der Waals surface area contributed by atoms with Crippen LogP contribution < -0.4 is 15.8 Å². The average Bonchev–Trinajstić information content (AvgIpc) is 2.83. The summed E-state index contributed by atoms with van der Waals surface area (Å²) >= 11 is 0. The second kappa shape index (κ2) is 6.92. The van der Waals surface area contributed by atoms with Crippen molar-refractivity contribution in [3.8, 4) is 5.75 Å². The van der Waals surface area contributed by atoms with E-state index in [9.17, 15) is 0 Å². The molecular formula is C16H26N2O. The minimum atomic E-state index is 0.256. The highest BCUT2D eigenvalue weighted by Gasteiger charge is 2.23. The molecule has 0 spiro atoms. The monoisotopic (exact) mass is 262 g/mol. The fraction of sp³-hybridized carbons (Fsp3) is 0.625. The summed E-state index contributed by atoms with van der Waals surface area (Å²) in [6, 6.07) is 9.17. The largest absolute Gasteiger partial charge is 0.494 e. The van der Waals surface area contributed by atoms with E-state index in [4.69, 9.17) is 10.5 Å². The lowest BCUT2D eigenvalue weighted by Gasteiger charge is -2.22. The molecule has 1 fully saturated rings. The molecule has 1 aliphatic carbocycles. The molecular weight excluding hydrogens is 236 g/mol. The Morgan fingerprint density at radius 3 is 2.58 bits per heavy atom. The van der Waals surface area contributed by atoms with Crippen LogP contribution in [-0.4, -0.2) is 19.2 Å². The van der Waals surface area contributed by atoms with Gasteiger partial charge in [0.1, 0.15) is 5.75 Å². The van der Waals surface area contributed by atoms with Crippen molar-refractivity contribution in [3.63, 3.8) is 0 Å². The maximum absolute atomic E-state index is 5.92. The number of ether oxygens (including phenoxy) is 1. The van der Waals surface area contributed by atoms with Gasteiger partial charge < -0.3 is 15.8 Å². The van der Waals surface area contributed by atoms with Gasteiger partial charge in [0.2, 0.25) is 0 Å². The van der Waals surface area contributed by atoms with Crippen molar-refractivity contribution in [3.05, 3.63) is 29.8 Å². The topological polar surface area (TPSA) is 47.3 Å². The Kier molecular flexibility index (Phi) is 5.23. The molecule has 1 saturated carbocycles. The van der Waals surface area contributed by atoms with E-state index in [-0.39, 0.29) is 6.04 Å². The minimum Gasteiger partial charge on any atom is -0.494 e. The van der Waals surface area contributed by atoms with Gasteiger partial charge >= 0.3 is 0 Å². The molecule has 0 amide bonds. The summed E-state index contributed by atoms with van der Waals surface area (Å²) in [5, 5.41) is 3.70. The molecule has 0 aliphatic heterocycles. The molecule has 3 unspecified atom stereocenters. The van der Waals surface area contributed by atoms with E-state index < -0.39 is 0 Å². The van der Waals surface area contributed by atoms with Crippen LogP contribution in [0.2, 0.25) is 0 Å². The van der Waals surface area contributed by atoms with Crippen molar-refractivity contribution in [2.45, 2.75) is 45.2 Å². The van der Waals surface area contributed by atoms with Crippen LogP contribution in [0.3, 0.4) is 0 Å². The predicted molar refractivity (Wildman–Crippen MR) is 79.3 cm³/mol. The fourth-order valence-corrected chi connectivity index (χ4v) is 2.91. The van der Waals surface area contributed by atoms with Crippen LogP contribution in [0.4, 0.5) is 0 Å². The fourth-order valence-electron chi connectivity index (χ4n) is 2.91. The van der Waals surface area contributed by atoms with Crippen LogP contribution >= 0.6 is 0 Å². The molecule has 0 saturated heterocycles. The van der Waals surface area contributed by atoms with Crippen LogP contribution in [0, 0.1) is 5.92 Å². The second-order valence-corrected chi connectivity index (χ2v) is 5.57. The molecule has 0 radical (unpaired) electrons. The van der Waals surface area contributed by atoms with E-state index in [1.807, 2.05) is 19.1 Å². The average molecular weight is 262 g/mol. The third-order valence-corrected chi connectivity index (χ3v) is 3.96. The normalized spacial score (nSPS) is 24.4. The number of nitrogens with one attached hydrogen (secondary N) is 1. The first kappa shape index (κ1) is 14.4. The first-order chi connectivity index (χ1) is 9.22. The third kappa shape index (κ3) is 3.95. The Morgan fingerprint density at radius 2 is 2.05 bits per heavy atom. The van der Waals surface area contributed by atoms with Crippen LogP contribution in [-0.2, 0) is 0 Å². The number of hydrogen-bond acceptors (Lipinski definition) is 3. The van der Waals surface area contributed by atoms with Gasteiger partial charge in [0.15, 0.2) is 0 Å². The van der Waals surface area contributed by atoms with Crippen molar-refractivity contribution >= 4 is 0 Å². The Labute approximate surface area is 116 Å². The zero-order chi connectivity index (χ0) is 13.7. The van der Waals surface area contributed by atoms with Crippen LogP contribution in [0.5, 0.6) is 5.75 Å². The lowest BCUT2D eigenvalue weighted by molar-refractivity contribution is 0.340. The molecule has 3 atom stereocenters. The molecule has 106 valence electrons. The van der Waals surface area contributed by atoms with Crippen LogP contribution in [0.25, 0.3) is 0 Å². The van der Waals surface area contributed by atoms with Gasteiger partial charge in [-0.15, -0.1) is 0 Å². The Bertz CT molecular complexity index is 377. The molecule has 19 heavy (non-hydrogen) atoms. The molecule has 3 N–H and O–H groups in total. The Morgan fingerprint density at radius 1 is 1.32 bits per heavy atom. The zero-order valence-corrected chi connectivity index (χ0v) is 12.1. The first-order valence-corrected chi connectivity index (χ1v) is 7.41. The maximum atomic E-state index is 5.92. The summed E-state index contributed by atoms with van der Waals surface area (Å²) in [7, 11) is 0. The molecule has 1 aromatic rings. The highest BCUT2D eigenvalue weighted by Crippen LogP contribution is 2.27. The van der Waals surface area contributed by atoms with Gasteiger partial charge in [0.25, 0.3) is 0 Å². The molecule has 0 bridgehead atoms. The molecule has 2 rings (SSSR count). The van der Waals surface area contributed by atoms with Crippen LogP contribution in [0.15, 0.2) is 24.3 Å². The van der Waals surface area contributed by atoms with Gasteiger partial charge in [0, 0.05) is 18.6 Å². The van der Waals surface area contributed by atoms with Crippen molar-refractivity contribution in [2.24, 2.45) is 11.7 Å². The smallest absolute Gasteiger partial charge is 0.119 e. The lowest BCUT2D eigenvalue weighted by atomic mass is 10.0. The van der Waals surface area contributed by atoms with Gasteiger partial charge in [-0.2, -0.15) is 0 Å². The van der Waals surface area contributed by atoms with E-state index in [2.05, 4.69) is 24.4 Å². The highest BCUT2D eigenvalue weighted by atomic mass is 16.5. The molecule has 1 aliphatic rings. The van der Waals surface area contributed by atoms with Crippen molar-refractivity contribution < 1.29 is 4.74 Å². The molecule has 3 nitrogen and oxygen atoms in total. The zero-order valence-electron chi connectivity index (χ0n) is 12.1. The molecule has 0 heterocycles. The standard InChI is InChI=1S/C16H26N2O/c1-3-19-15-8-5-13(6-9-15)16(11-17)18-14-7-4-12(2)10-14/h5-6,8-9,12,14,16,18H,3-4,7,10-11,17H2,1-2H3. The van der Waals surface area contributed by atoms with Gasteiger partial charge in [-0.3, -0.25) is 0 Å². The van der Waals surface area contributed by atoms with Gasteiger partial charge in [0.05, 0.1) is 6.61 Å². The third-order valence-electron chi connectivity index (χ3n) is 3.96. The SMILES string of the molecule is CCOc1ccc(C(CN)NC2CCC(C)C2)cc1. The van der Waals surface area contributed by atoms with Crippen molar-refractivity contribution in [1.29, 1.82) is 0 Å². The maximum Gasteiger partial charge on any atom is 0.119 e. The van der Waals surface area contributed by atoms with Gasteiger partial charge in [-0.1, -0.05) is 19.1 Å². The lowest BCUT2D eigenvalue weighted by Crippen LogP contribution is -2.35. The summed E-state index contributed by atoms with van der Waals surface area (Å²) in [5.41, 5.74) is 7.18. The summed E-state index contributed by atoms with van der Waals surface area (Å²) in [6.45, 7) is 5.67. The van der Waals surface area contributed by atoms with E-state index >= 15 is 0 Å². The van der Waals surface area contributed by atoms with E-state index in [1.54, 1.807) is 0 Å². The predicted octanol–water partition coefficient (Wildman–Crippen LogP) is 2.86. The van der Waals surface area contributed by atoms with Crippen molar-refractivity contribution in [1.82, 2.24) is 5.32 Å². The van der Waals surface area contributed by atoms with E-state index in [1.165, 1.54) is 24.8 Å². The van der Waals surface area contributed by atoms with Crippen LogP contribution in [0.1, 0.15) is 44.7 Å². The minimum absolute atomic E-state index is 0.256. The number of rotatable bonds is 6. The quantitative estimate of drug-likeness (QED) is 0.828. The van der Waals surface area contributed by atoms with Gasteiger partial charge in [-0.05, 0) is 49.8 Å². The number of nitrogens with two attached hydrogens (primary N) is 1. The number of hydrogen-bond donors (Lipinski definition) is 2. The van der Waals surface area contributed by atoms with E-state index in [0.29, 0.717) is 19.2 Å². The number of benzene rings is 1. The first-order valence-electron chi connectivity index (χ1n) is 7.41. The molecule has 1 aromatic carbocycles. The van der Waals surface area contributed by atoms with Crippen molar-refractivity contribution in [2.75, 3.05) is 13.2 Å². The highest BCUT2D eigenvalue weighted by molar-refractivity contribution is 5.29. The summed E-state index contributed by atoms with van der Waals surface area (Å²) in [5.74, 6) is 1.77. The van der Waals surface area contributed by atoms with E-state index in [0.717, 1.165) is 11.7 Å².